The summed E-state index contributed by atoms with van der Waals surface area (Å²) in [6, 6.07) is 1.84. The summed E-state index contributed by atoms with van der Waals surface area (Å²) in [5, 5.41) is 3.94. The Balaban J connectivity index is 1.61. The number of aromatic nitrogens is 1. The molecular formula is C15H22N2O2. The van der Waals surface area contributed by atoms with Crippen molar-refractivity contribution in [3.63, 3.8) is 0 Å². The zero-order valence-corrected chi connectivity index (χ0v) is 11.8. The monoisotopic (exact) mass is 262 g/mol. The number of amides is 1. The van der Waals surface area contributed by atoms with Crippen molar-refractivity contribution in [3.05, 3.63) is 17.5 Å². The lowest BCUT2D eigenvalue weighted by Gasteiger charge is -2.33. The normalized spacial score (nSPS) is 21.1. The molecule has 1 amide bonds. The van der Waals surface area contributed by atoms with Gasteiger partial charge >= 0.3 is 0 Å². The summed E-state index contributed by atoms with van der Waals surface area (Å²) in [4.78, 5) is 14.3. The van der Waals surface area contributed by atoms with Gasteiger partial charge < -0.3 is 9.42 Å². The molecule has 0 radical (unpaired) electrons. The van der Waals surface area contributed by atoms with E-state index in [2.05, 4.69) is 19.0 Å². The number of rotatable bonds is 3. The molecule has 0 unspecified atom stereocenters. The fraction of sp³-hybridized carbons (Fsp3) is 0.733. The highest BCUT2D eigenvalue weighted by Crippen LogP contribution is 2.40. The van der Waals surface area contributed by atoms with Crippen LogP contribution in [0, 0.1) is 11.8 Å². The van der Waals surface area contributed by atoms with E-state index in [1.807, 2.05) is 11.0 Å². The highest BCUT2D eigenvalue weighted by molar-refractivity contribution is 5.92. The summed E-state index contributed by atoms with van der Waals surface area (Å²) in [6.45, 7) is 6.24. The Bertz CT molecular complexity index is 454. The molecule has 0 atom stereocenters. The Labute approximate surface area is 114 Å². The predicted octanol–water partition coefficient (Wildman–Crippen LogP) is 3.06. The smallest absolute Gasteiger partial charge is 0.276 e. The summed E-state index contributed by atoms with van der Waals surface area (Å²) in [6.07, 6.45) is 4.55. The molecular weight excluding hydrogens is 240 g/mol. The van der Waals surface area contributed by atoms with Crippen molar-refractivity contribution in [2.24, 2.45) is 11.8 Å². The highest BCUT2D eigenvalue weighted by Gasteiger charge is 2.31. The average Bonchev–Trinajstić information content (AvgIpc) is 3.16. The number of likely N-dealkylation sites (tertiary alicyclic amines) is 1. The number of carbonyl (C=O) groups is 1. The zero-order valence-electron chi connectivity index (χ0n) is 11.8. The maximum atomic E-state index is 12.3. The molecule has 104 valence electrons. The molecule has 2 fully saturated rings. The van der Waals surface area contributed by atoms with Gasteiger partial charge in [-0.2, -0.15) is 0 Å². The third-order valence-electron chi connectivity index (χ3n) is 4.50. The van der Waals surface area contributed by atoms with Crippen molar-refractivity contribution in [1.29, 1.82) is 0 Å². The number of piperidine rings is 1. The molecule has 0 bridgehead atoms. The van der Waals surface area contributed by atoms with Crippen LogP contribution in [0.15, 0.2) is 10.6 Å². The van der Waals surface area contributed by atoms with Crippen molar-refractivity contribution < 1.29 is 9.32 Å². The molecule has 1 aromatic rings. The first-order valence-electron chi connectivity index (χ1n) is 7.41. The number of hydrogen-bond donors (Lipinski definition) is 0. The van der Waals surface area contributed by atoms with Crippen LogP contribution >= 0.6 is 0 Å². The fourth-order valence-corrected chi connectivity index (χ4v) is 2.88. The Morgan fingerprint density at radius 1 is 1.32 bits per heavy atom. The minimum absolute atomic E-state index is 0.0397. The SMILES string of the molecule is CC(C)C1CCN(C(=O)c2cc(C3CC3)on2)CC1. The van der Waals surface area contributed by atoms with Gasteiger partial charge in [0.1, 0.15) is 5.76 Å². The van der Waals surface area contributed by atoms with Crippen molar-refractivity contribution in [2.75, 3.05) is 13.1 Å². The first kappa shape index (κ1) is 12.7. The molecule has 19 heavy (non-hydrogen) atoms. The number of carbonyl (C=O) groups excluding carboxylic acids is 1. The van der Waals surface area contributed by atoms with E-state index in [9.17, 15) is 4.79 Å². The van der Waals surface area contributed by atoms with E-state index < -0.39 is 0 Å². The van der Waals surface area contributed by atoms with Crippen molar-refractivity contribution in [3.8, 4) is 0 Å². The quantitative estimate of drug-likeness (QED) is 0.841. The van der Waals surface area contributed by atoms with Crippen LogP contribution in [-0.4, -0.2) is 29.1 Å². The van der Waals surface area contributed by atoms with Gasteiger partial charge in [0, 0.05) is 25.1 Å². The summed E-state index contributed by atoms with van der Waals surface area (Å²) in [5.41, 5.74) is 0.491. The topological polar surface area (TPSA) is 46.3 Å². The highest BCUT2D eigenvalue weighted by atomic mass is 16.5. The third-order valence-corrected chi connectivity index (χ3v) is 4.50. The van der Waals surface area contributed by atoms with E-state index >= 15 is 0 Å². The Morgan fingerprint density at radius 2 is 2.00 bits per heavy atom. The van der Waals surface area contributed by atoms with Gasteiger partial charge in [0.05, 0.1) is 0 Å². The van der Waals surface area contributed by atoms with Gasteiger partial charge in [-0.15, -0.1) is 0 Å². The third kappa shape index (κ3) is 2.67. The molecule has 1 saturated heterocycles. The van der Waals surface area contributed by atoms with Gasteiger partial charge in [0.25, 0.3) is 5.91 Å². The Hall–Kier alpha value is -1.32. The van der Waals surface area contributed by atoms with E-state index in [1.165, 1.54) is 12.8 Å². The van der Waals surface area contributed by atoms with Crippen LogP contribution in [0.25, 0.3) is 0 Å². The summed E-state index contributed by atoms with van der Waals surface area (Å²) in [7, 11) is 0. The van der Waals surface area contributed by atoms with Gasteiger partial charge in [-0.3, -0.25) is 4.79 Å². The van der Waals surface area contributed by atoms with Crippen LogP contribution in [0.4, 0.5) is 0 Å². The van der Waals surface area contributed by atoms with Crippen LogP contribution in [0.5, 0.6) is 0 Å². The van der Waals surface area contributed by atoms with Crippen LogP contribution in [0.2, 0.25) is 0 Å². The molecule has 1 aliphatic carbocycles. The number of hydrogen-bond acceptors (Lipinski definition) is 3. The van der Waals surface area contributed by atoms with Crippen LogP contribution < -0.4 is 0 Å². The zero-order chi connectivity index (χ0) is 13.4. The second-order valence-electron chi connectivity index (χ2n) is 6.26. The lowest BCUT2D eigenvalue weighted by molar-refractivity contribution is 0.0657. The molecule has 1 aromatic heterocycles. The molecule has 3 rings (SSSR count). The summed E-state index contributed by atoms with van der Waals surface area (Å²) >= 11 is 0. The average molecular weight is 262 g/mol. The van der Waals surface area contributed by atoms with Crippen LogP contribution in [-0.2, 0) is 0 Å². The lowest BCUT2D eigenvalue weighted by Crippen LogP contribution is -2.39. The summed E-state index contributed by atoms with van der Waals surface area (Å²) in [5.74, 6) is 2.91. The van der Waals surface area contributed by atoms with Crippen molar-refractivity contribution in [2.45, 2.75) is 45.4 Å². The second-order valence-corrected chi connectivity index (χ2v) is 6.26. The van der Waals surface area contributed by atoms with Crippen LogP contribution in [0.1, 0.15) is 61.7 Å². The van der Waals surface area contributed by atoms with E-state index in [1.54, 1.807) is 0 Å². The van der Waals surface area contributed by atoms with Gasteiger partial charge in [0.15, 0.2) is 5.69 Å². The van der Waals surface area contributed by atoms with Gasteiger partial charge in [-0.05, 0) is 37.5 Å². The Morgan fingerprint density at radius 3 is 2.58 bits per heavy atom. The van der Waals surface area contributed by atoms with Gasteiger partial charge in [-0.1, -0.05) is 19.0 Å². The molecule has 4 heteroatoms. The molecule has 0 N–H and O–H groups in total. The summed E-state index contributed by atoms with van der Waals surface area (Å²) < 4.78 is 5.26. The van der Waals surface area contributed by atoms with Gasteiger partial charge in [-0.25, -0.2) is 0 Å². The minimum atomic E-state index is 0.0397. The fourth-order valence-electron chi connectivity index (χ4n) is 2.88. The largest absolute Gasteiger partial charge is 0.360 e. The minimum Gasteiger partial charge on any atom is -0.360 e. The maximum absolute atomic E-state index is 12.3. The Kier molecular flexibility index (Phi) is 3.33. The second kappa shape index (κ2) is 4.99. The van der Waals surface area contributed by atoms with Crippen LogP contribution in [0.3, 0.4) is 0 Å². The maximum Gasteiger partial charge on any atom is 0.276 e. The molecule has 0 aromatic carbocycles. The lowest BCUT2D eigenvalue weighted by atomic mass is 9.86. The first-order valence-corrected chi connectivity index (χ1v) is 7.41. The molecule has 1 aliphatic heterocycles. The van der Waals surface area contributed by atoms with Crippen molar-refractivity contribution >= 4 is 5.91 Å². The standard InChI is InChI=1S/C15H22N2O2/c1-10(2)11-5-7-17(8-6-11)15(18)13-9-14(19-16-13)12-3-4-12/h9-12H,3-8H2,1-2H3. The molecule has 2 heterocycles. The van der Waals surface area contributed by atoms with E-state index in [0.717, 1.165) is 37.6 Å². The van der Waals surface area contributed by atoms with Crippen molar-refractivity contribution in [1.82, 2.24) is 10.1 Å². The van der Waals surface area contributed by atoms with Gasteiger partial charge in [0.2, 0.25) is 0 Å². The molecule has 0 spiro atoms. The number of nitrogens with zero attached hydrogens (tertiary/aromatic N) is 2. The van der Waals surface area contributed by atoms with E-state index in [4.69, 9.17) is 4.52 Å². The van der Waals surface area contributed by atoms with E-state index in [-0.39, 0.29) is 5.91 Å². The molecule has 2 aliphatic rings. The first-order chi connectivity index (χ1) is 9.15. The molecule has 4 nitrogen and oxygen atoms in total. The molecule has 1 saturated carbocycles. The van der Waals surface area contributed by atoms with E-state index in [0.29, 0.717) is 17.5 Å². The predicted molar refractivity (Wildman–Crippen MR) is 71.9 cm³/mol.